The lowest BCUT2D eigenvalue weighted by molar-refractivity contribution is 0.723. The van der Waals surface area contributed by atoms with E-state index in [4.69, 9.17) is 0 Å². The minimum absolute atomic E-state index is 0.742. The fraction of sp³-hybridized carbons (Fsp3) is 0.100. The smallest absolute Gasteiger partial charge is 0.136 e. The van der Waals surface area contributed by atoms with Gasteiger partial charge in [-0.25, -0.2) is 0 Å². The molecule has 2 aromatic rings. The minimum Gasteiger partial charge on any atom is -0.260 e. The highest BCUT2D eigenvalue weighted by Crippen LogP contribution is 2.22. The van der Waals surface area contributed by atoms with Crippen molar-refractivity contribution in [2.24, 2.45) is 0 Å². The average Bonchev–Trinajstić information content (AvgIpc) is 2.46. The molecule has 2 rings (SSSR count). The number of halogens is 1. The van der Waals surface area contributed by atoms with Gasteiger partial charge in [-0.15, -0.1) is 6.58 Å². The quantitative estimate of drug-likeness (QED) is 0.734. The summed E-state index contributed by atoms with van der Waals surface area (Å²) in [5.74, 6) is 0. The highest BCUT2D eigenvalue weighted by molar-refractivity contribution is 9.10. The van der Waals surface area contributed by atoms with Crippen LogP contribution in [0.2, 0.25) is 0 Å². The van der Waals surface area contributed by atoms with Crippen molar-refractivity contribution >= 4 is 26.8 Å². The van der Waals surface area contributed by atoms with Gasteiger partial charge in [-0.1, -0.05) is 24.3 Å². The Morgan fingerprint density at radius 3 is 3.00 bits per heavy atom. The van der Waals surface area contributed by atoms with Crippen molar-refractivity contribution in [1.82, 2.24) is 9.78 Å². The molecule has 0 saturated heterocycles. The van der Waals surface area contributed by atoms with Crippen molar-refractivity contribution in [2.45, 2.75) is 6.54 Å². The third kappa shape index (κ3) is 1.40. The van der Waals surface area contributed by atoms with Gasteiger partial charge in [0, 0.05) is 5.39 Å². The first-order valence-electron chi connectivity index (χ1n) is 4.05. The van der Waals surface area contributed by atoms with Crippen LogP contribution < -0.4 is 0 Å². The van der Waals surface area contributed by atoms with E-state index >= 15 is 0 Å². The predicted octanol–water partition coefficient (Wildman–Crippen LogP) is 2.98. The van der Waals surface area contributed by atoms with Gasteiger partial charge >= 0.3 is 0 Å². The monoisotopic (exact) mass is 236 g/mol. The number of fused-ring (bicyclic) bond motifs is 1. The maximum atomic E-state index is 4.34. The van der Waals surface area contributed by atoms with Crippen LogP contribution in [-0.4, -0.2) is 9.78 Å². The summed E-state index contributed by atoms with van der Waals surface area (Å²) >= 11 is 3.42. The molecule has 2 nitrogen and oxygen atoms in total. The number of para-hydroxylation sites is 1. The fourth-order valence-corrected chi connectivity index (χ4v) is 1.88. The molecule has 1 aromatic carbocycles. The lowest BCUT2D eigenvalue weighted by Crippen LogP contribution is -1.96. The number of aromatic nitrogens is 2. The van der Waals surface area contributed by atoms with Crippen LogP contribution in [-0.2, 0) is 6.54 Å². The third-order valence-electron chi connectivity index (χ3n) is 1.91. The predicted molar refractivity (Wildman–Crippen MR) is 57.6 cm³/mol. The molecule has 0 fully saturated rings. The number of benzene rings is 1. The summed E-state index contributed by atoms with van der Waals surface area (Å²) < 4.78 is 2.82. The first-order valence-corrected chi connectivity index (χ1v) is 4.84. The maximum absolute atomic E-state index is 4.34. The number of hydrogen-bond donors (Lipinski definition) is 0. The topological polar surface area (TPSA) is 17.8 Å². The number of allylic oxidation sites excluding steroid dienone is 1. The van der Waals surface area contributed by atoms with Crippen molar-refractivity contribution < 1.29 is 0 Å². The van der Waals surface area contributed by atoms with Crippen LogP contribution in [0.4, 0.5) is 0 Å². The van der Waals surface area contributed by atoms with E-state index < -0.39 is 0 Å². The molecule has 0 amide bonds. The summed E-state index contributed by atoms with van der Waals surface area (Å²) in [6.45, 7) is 4.44. The molecule has 0 aliphatic carbocycles. The van der Waals surface area contributed by atoms with E-state index in [-0.39, 0.29) is 0 Å². The second kappa shape index (κ2) is 3.34. The van der Waals surface area contributed by atoms with Crippen molar-refractivity contribution in [1.29, 1.82) is 0 Å². The lowest BCUT2D eigenvalue weighted by atomic mass is 10.2. The Morgan fingerprint density at radius 2 is 2.23 bits per heavy atom. The zero-order valence-electron chi connectivity index (χ0n) is 7.07. The highest BCUT2D eigenvalue weighted by Gasteiger charge is 2.04. The van der Waals surface area contributed by atoms with Crippen LogP contribution >= 0.6 is 15.9 Å². The number of hydrogen-bond acceptors (Lipinski definition) is 1. The van der Waals surface area contributed by atoms with E-state index in [9.17, 15) is 0 Å². The van der Waals surface area contributed by atoms with E-state index in [0.717, 1.165) is 22.1 Å². The SMILES string of the molecule is C=CCn1nc(Br)c2ccccc21. The van der Waals surface area contributed by atoms with Gasteiger partial charge in [0.05, 0.1) is 12.1 Å². The summed E-state index contributed by atoms with van der Waals surface area (Å²) in [5.41, 5.74) is 1.13. The molecule has 0 unspecified atom stereocenters. The Balaban J connectivity index is 2.70. The first kappa shape index (κ1) is 8.51. The van der Waals surface area contributed by atoms with Gasteiger partial charge in [-0.05, 0) is 22.0 Å². The van der Waals surface area contributed by atoms with Crippen molar-refractivity contribution in [3.05, 3.63) is 41.5 Å². The van der Waals surface area contributed by atoms with Crippen LogP contribution in [0, 0.1) is 0 Å². The molecule has 0 aliphatic rings. The van der Waals surface area contributed by atoms with Crippen LogP contribution in [0.25, 0.3) is 10.9 Å². The van der Waals surface area contributed by atoms with Gasteiger partial charge in [0.25, 0.3) is 0 Å². The molecule has 1 aromatic heterocycles. The Bertz CT molecular complexity index is 445. The zero-order chi connectivity index (χ0) is 9.26. The van der Waals surface area contributed by atoms with E-state index in [2.05, 4.69) is 33.7 Å². The van der Waals surface area contributed by atoms with Crippen LogP contribution in [0.5, 0.6) is 0 Å². The Morgan fingerprint density at radius 1 is 1.46 bits per heavy atom. The second-order valence-corrected chi connectivity index (χ2v) is 3.53. The number of rotatable bonds is 2. The Hall–Kier alpha value is -1.09. The molecule has 13 heavy (non-hydrogen) atoms. The standard InChI is InChI=1S/C10H9BrN2/c1-2-7-13-9-6-4-3-5-8(9)10(11)12-13/h2-6H,1,7H2. The molecule has 0 radical (unpaired) electrons. The van der Waals surface area contributed by atoms with Gasteiger partial charge < -0.3 is 0 Å². The molecule has 1 heterocycles. The molecule has 0 spiro atoms. The van der Waals surface area contributed by atoms with Gasteiger partial charge in [-0.2, -0.15) is 5.10 Å². The molecule has 66 valence electrons. The van der Waals surface area contributed by atoms with Crippen LogP contribution in [0.1, 0.15) is 0 Å². The normalized spacial score (nSPS) is 10.5. The zero-order valence-corrected chi connectivity index (χ0v) is 8.66. The van der Waals surface area contributed by atoms with E-state index in [1.165, 1.54) is 0 Å². The second-order valence-electron chi connectivity index (χ2n) is 2.78. The molecule has 0 atom stereocenters. The molecular weight excluding hydrogens is 228 g/mol. The van der Waals surface area contributed by atoms with Gasteiger partial charge in [0.2, 0.25) is 0 Å². The van der Waals surface area contributed by atoms with E-state index in [1.807, 2.05) is 29.0 Å². The summed E-state index contributed by atoms with van der Waals surface area (Å²) in [7, 11) is 0. The lowest BCUT2D eigenvalue weighted by Gasteiger charge is -1.96. The molecule has 0 bridgehead atoms. The van der Waals surface area contributed by atoms with Crippen LogP contribution in [0.3, 0.4) is 0 Å². The van der Waals surface area contributed by atoms with Gasteiger partial charge in [0.15, 0.2) is 0 Å². The van der Waals surface area contributed by atoms with Gasteiger partial charge in [0.1, 0.15) is 4.60 Å². The van der Waals surface area contributed by atoms with E-state index in [1.54, 1.807) is 0 Å². The third-order valence-corrected chi connectivity index (χ3v) is 2.50. The largest absolute Gasteiger partial charge is 0.260 e. The van der Waals surface area contributed by atoms with Crippen molar-refractivity contribution in [3.8, 4) is 0 Å². The minimum atomic E-state index is 0.742. The first-order chi connectivity index (χ1) is 6.33. The molecule has 0 saturated carbocycles. The summed E-state index contributed by atoms with van der Waals surface area (Å²) in [4.78, 5) is 0. The Kier molecular flexibility index (Phi) is 2.19. The summed E-state index contributed by atoms with van der Waals surface area (Å²) in [6, 6.07) is 8.12. The van der Waals surface area contributed by atoms with Gasteiger partial charge in [-0.3, -0.25) is 4.68 Å². The fourth-order valence-electron chi connectivity index (χ4n) is 1.35. The van der Waals surface area contributed by atoms with Crippen LogP contribution in [0.15, 0.2) is 41.5 Å². The van der Waals surface area contributed by atoms with E-state index in [0.29, 0.717) is 0 Å². The molecule has 0 aliphatic heterocycles. The molecular formula is C10H9BrN2. The molecule has 0 N–H and O–H groups in total. The highest BCUT2D eigenvalue weighted by atomic mass is 79.9. The maximum Gasteiger partial charge on any atom is 0.136 e. The summed E-state index contributed by atoms with van der Waals surface area (Å²) in [6.07, 6.45) is 1.84. The Labute approximate surface area is 85.0 Å². The van der Waals surface area contributed by atoms with Crippen molar-refractivity contribution in [2.75, 3.05) is 0 Å². The molecule has 3 heteroatoms. The number of nitrogens with zero attached hydrogens (tertiary/aromatic N) is 2. The average molecular weight is 237 g/mol. The summed E-state index contributed by atoms with van der Waals surface area (Å²) in [5, 5.41) is 5.48. The van der Waals surface area contributed by atoms with Crippen molar-refractivity contribution in [3.63, 3.8) is 0 Å².